The number of fused-ring (bicyclic) bond motifs is 3. The molecule has 0 fully saturated rings. The first-order chi connectivity index (χ1) is 7.90. The van der Waals surface area contributed by atoms with Crippen molar-refractivity contribution in [2.24, 2.45) is 0 Å². The van der Waals surface area contributed by atoms with Crippen LogP contribution in [0, 0.1) is 0 Å². The quantitative estimate of drug-likeness (QED) is 0.572. The molecule has 2 aromatic carbocycles. The van der Waals surface area contributed by atoms with E-state index in [4.69, 9.17) is 13.9 Å². The Bertz CT molecular complexity index is 639. The van der Waals surface area contributed by atoms with Gasteiger partial charge in [0.05, 0.1) is 12.5 Å². The van der Waals surface area contributed by atoms with E-state index >= 15 is 0 Å². The van der Waals surface area contributed by atoms with Gasteiger partial charge in [0.1, 0.15) is 0 Å². The zero-order valence-corrected chi connectivity index (χ0v) is 8.40. The average Bonchev–Trinajstić information content (AvgIpc) is 2.89. The fraction of sp³-hybridized carbons (Fsp3) is 0.0769. The van der Waals surface area contributed by atoms with Crippen LogP contribution in [0.3, 0.4) is 0 Å². The molecular formula is C13H8O3. The number of hydrogen-bond acceptors (Lipinski definition) is 3. The van der Waals surface area contributed by atoms with Crippen LogP contribution in [0.1, 0.15) is 0 Å². The SMILES string of the molecule is c1occ2cc3cc4c(cc3cc12)OCO4. The van der Waals surface area contributed by atoms with Crippen molar-refractivity contribution >= 4 is 21.5 Å². The van der Waals surface area contributed by atoms with Crippen molar-refractivity contribution in [2.45, 2.75) is 0 Å². The Morgan fingerprint density at radius 2 is 1.25 bits per heavy atom. The van der Waals surface area contributed by atoms with E-state index in [0.29, 0.717) is 6.79 Å². The van der Waals surface area contributed by atoms with Crippen molar-refractivity contribution in [2.75, 3.05) is 6.79 Å². The van der Waals surface area contributed by atoms with Crippen LogP contribution in [0.5, 0.6) is 11.5 Å². The standard InChI is InChI=1S/C13H8O3/c1-8-3-12-13(16-7-15-12)4-9(8)2-11-6-14-5-10(1)11/h1-6H,7H2. The molecule has 1 aliphatic heterocycles. The predicted molar refractivity (Wildman–Crippen MR) is 59.8 cm³/mol. The molecule has 1 aliphatic rings. The molecule has 16 heavy (non-hydrogen) atoms. The van der Waals surface area contributed by atoms with Crippen LogP contribution >= 0.6 is 0 Å². The highest BCUT2D eigenvalue weighted by Crippen LogP contribution is 2.37. The monoisotopic (exact) mass is 212 g/mol. The molecule has 0 spiro atoms. The number of benzene rings is 2. The molecule has 78 valence electrons. The summed E-state index contributed by atoms with van der Waals surface area (Å²) in [6.45, 7) is 0.312. The molecule has 2 heterocycles. The lowest BCUT2D eigenvalue weighted by Gasteiger charge is -2.00. The van der Waals surface area contributed by atoms with Gasteiger partial charge in [0.2, 0.25) is 6.79 Å². The van der Waals surface area contributed by atoms with Gasteiger partial charge < -0.3 is 13.9 Å². The molecule has 0 aliphatic carbocycles. The zero-order chi connectivity index (χ0) is 10.5. The van der Waals surface area contributed by atoms with Gasteiger partial charge in [-0.25, -0.2) is 0 Å². The van der Waals surface area contributed by atoms with E-state index in [2.05, 4.69) is 12.1 Å². The summed E-state index contributed by atoms with van der Waals surface area (Å²) in [5.41, 5.74) is 0. The first-order valence-corrected chi connectivity index (χ1v) is 5.09. The van der Waals surface area contributed by atoms with E-state index in [1.807, 2.05) is 12.1 Å². The van der Waals surface area contributed by atoms with Crippen LogP contribution < -0.4 is 9.47 Å². The van der Waals surface area contributed by atoms with Crippen LogP contribution in [0.25, 0.3) is 21.5 Å². The summed E-state index contributed by atoms with van der Waals surface area (Å²) in [7, 11) is 0. The Morgan fingerprint density at radius 3 is 1.81 bits per heavy atom. The summed E-state index contributed by atoms with van der Waals surface area (Å²) >= 11 is 0. The normalized spacial score (nSPS) is 13.8. The van der Waals surface area contributed by atoms with Crippen LogP contribution in [0.2, 0.25) is 0 Å². The summed E-state index contributed by atoms with van der Waals surface area (Å²) in [5.74, 6) is 1.63. The van der Waals surface area contributed by atoms with Gasteiger partial charge in [0, 0.05) is 10.8 Å². The Balaban J connectivity index is 2.14. The maximum atomic E-state index is 5.35. The number of hydrogen-bond donors (Lipinski definition) is 0. The second-order valence-corrected chi connectivity index (χ2v) is 3.91. The third kappa shape index (κ3) is 0.972. The first kappa shape index (κ1) is 8.05. The second-order valence-electron chi connectivity index (χ2n) is 3.91. The summed E-state index contributed by atoms with van der Waals surface area (Å²) in [6, 6.07) is 8.19. The highest BCUT2D eigenvalue weighted by atomic mass is 16.7. The van der Waals surface area contributed by atoms with Crippen LogP contribution in [0.4, 0.5) is 0 Å². The zero-order valence-electron chi connectivity index (χ0n) is 8.40. The van der Waals surface area contributed by atoms with Gasteiger partial charge in [-0.2, -0.15) is 0 Å². The van der Waals surface area contributed by atoms with Crippen molar-refractivity contribution in [1.29, 1.82) is 0 Å². The molecule has 3 heteroatoms. The highest BCUT2D eigenvalue weighted by molar-refractivity contribution is 5.99. The van der Waals surface area contributed by atoms with E-state index in [1.165, 1.54) is 0 Å². The summed E-state index contributed by atoms with van der Waals surface area (Å²) in [5, 5.41) is 4.48. The number of ether oxygens (including phenoxy) is 2. The van der Waals surface area contributed by atoms with Crippen LogP contribution in [-0.2, 0) is 0 Å². The molecule has 0 atom stereocenters. The van der Waals surface area contributed by atoms with Gasteiger partial charge in [0.15, 0.2) is 11.5 Å². The first-order valence-electron chi connectivity index (χ1n) is 5.09. The van der Waals surface area contributed by atoms with E-state index in [-0.39, 0.29) is 0 Å². The lowest BCUT2D eigenvalue weighted by atomic mass is 10.1. The van der Waals surface area contributed by atoms with Crippen molar-refractivity contribution in [1.82, 2.24) is 0 Å². The maximum absolute atomic E-state index is 5.35. The van der Waals surface area contributed by atoms with Gasteiger partial charge >= 0.3 is 0 Å². The molecule has 0 bridgehead atoms. The highest BCUT2D eigenvalue weighted by Gasteiger charge is 2.14. The fourth-order valence-corrected chi connectivity index (χ4v) is 2.11. The minimum atomic E-state index is 0.312. The largest absolute Gasteiger partial charge is 0.471 e. The van der Waals surface area contributed by atoms with Gasteiger partial charge in [-0.15, -0.1) is 0 Å². The van der Waals surface area contributed by atoms with Crippen molar-refractivity contribution in [3.8, 4) is 11.5 Å². The van der Waals surface area contributed by atoms with Gasteiger partial charge in [-0.3, -0.25) is 0 Å². The topological polar surface area (TPSA) is 31.6 Å². The minimum Gasteiger partial charge on any atom is -0.471 e. The molecule has 0 saturated carbocycles. The molecule has 0 unspecified atom stereocenters. The number of furan rings is 1. The molecule has 0 N–H and O–H groups in total. The third-order valence-electron chi connectivity index (χ3n) is 2.92. The Kier molecular flexibility index (Phi) is 1.36. The Hall–Kier alpha value is -2.16. The minimum absolute atomic E-state index is 0.312. The van der Waals surface area contributed by atoms with Crippen LogP contribution in [0.15, 0.2) is 41.2 Å². The molecule has 3 aromatic rings. The van der Waals surface area contributed by atoms with Gasteiger partial charge in [-0.05, 0) is 35.0 Å². The van der Waals surface area contributed by atoms with E-state index in [1.54, 1.807) is 12.5 Å². The fourth-order valence-electron chi connectivity index (χ4n) is 2.11. The lowest BCUT2D eigenvalue weighted by Crippen LogP contribution is -1.92. The van der Waals surface area contributed by atoms with Crippen LogP contribution in [-0.4, -0.2) is 6.79 Å². The molecule has 0 radical (unpaired) electrons. The maximum Gasteiger partial charge on any atom is 0.231 e. The Labute approximate surface area is 91.2 Å². The smallest absolute Gasteiger partial charge is 0.231 e. The molecule has 0 amide bonds. The lowest BCUT2D eigenvalue weighted by molar-refractivity contribution is 0.174. The van der Waals surface area contributed by atoms with E-state index in [0.717, 1.165) is 33.0 Å². The molecule has 4 rings (SSSR count). The van der Waals surface area contributed by atoms with Gasteiger partial charge in [0.25, 0.3) is 0 Å². The molecule has 3 nitrogen and oxygen atoms in total. The van der Waals surface area contributed by atoms with Crippen molar-refractivity contribution in [3.05, 3.63) is 36.8 Å². The number of rotatable bonds is 0. The molecular weight excluding hydrogens is 204 g/mol. The molecule has 0 saturated heterocycles. The Morgan fingerprint density at radius 1 is 0.688 bits per heavy atom. The average molecular weight is 212 g/mol. The third-order valence-corrected chi connectivity index (χ3v) is 2.92. The van der Waals surface area contributed by atoms with Gasteiger partial charge in [-0.1, -0.05) is 0 Å². The summed E-state index contributed by atoms with van der Waals surface area (Å²) < 4.78 is 15.9. The molecule has 1 aromatic heterocycles. The van der Waals surface area contributed by atoms with E-state index < -0.39 is 0 Å². The van der Waals surface area contributed by atoms with Crippen molar-refractivity contribution in [3.63, 3.8) is 0 Å². The summed E-state index contributed by atoms with van der Waals surface area (Å²) in [4.78, 5) is 0. The summed E-state index contributed by atoms with van der Waals surface area (Å²) in [6.07, 6.45) is 3.50. The van der Waals surface area contributed by atoms with Crippen molar-refractivity contribution < 1.29 is 13.9 Å². The predicted octanol–water partition coefficient (Wildman–Crippen LogP) is 3.31. The van der Waals surface area contributed by atoms with E-state index in [9.17, 15) is 0 Å². The second kappa shape index (κ2) is 2.70.